The third-order valence-corrected chi connectivity index (χ3v) is 2.87. The van der Waals surface area contributed by atoms with E-state index in [1.54, 1.807) is 13.1 Å². The van der Waals surface area contributed by atoms with Gasteiger partial charge in [-0.3, -0.25) is 9.78 Å². The molecule has 24 heavy (non-hydrogen) atoms. The molecule has 0 unspecified atom stereocenters. The van der Waals surface area contributed by atoms with Gasteiger partial charge >= 0.3 is 0 Å². The first kappa shape index (κ1) is 17.5. The lowest BCUT2D eigenvalue weighted by atomic mass is 10.2. The van der Waals surface area contributed by atoms with Gasteiger partial charge < -0.3 is 9.47 Å². The monoisotopic (exact) mass is 331 g/mol. The maximum absolute atomic E-state index is 11.4. The van der Waals surface area contributed by atoms with Crippen LogP contribution in [0.4, 0.5) is 5.95 Å². The number of rotatable bonds is 7. The van der Waals surface area contributed by atoms with Gasteiger partial charge in [-0.05, 0) is 51.5 Å². The molecule has 0 aliphatic carbocycles. The highest BCUT2D eigenvalue weighted by molar-refractivity contribution is 5.81. The number of nitrogens with one attached hydrogen (secondary N) is 2. The number of anilines is 1. The number of nitrogens with zero attached hydrogens (tertiary/aromatic N) is 3. The molecule has 1 aromatic carbocycles. The first-order valence-corrected chi connectivity index (χ1v) is 7.65. The summed E-state index contributed by atoms with van der Waals surface area (Å²) in [6.45, 7) is 7.94. The molecule has 128 valence electrons. The van der Waals surface area contributed by atoms with Gasteiger partial charge in [-0.1, -0.05) is 0 Å². The maximum atomic E-state index is 11.4. The van der Waals surface area contributed by atoms with Crippen molar-refractivity contribution in [2.75, 3.05) is 12.0 Å². The summed E-state index contributed by atoms with van der Waals surface area (Å²) in [5, 5.41) is 11.5. The second kappa shape index (κ2) is 8.09. The second-order valence-corrected chi connectivity index (χ2v) is 5.26. The topological polar surface area (TPSA) is 101 Å². The van der Waals surface area contributed by atoms with Crippen molar-refractivity contribution in [2.45, 2.75) is 33.8 Å². The summed E-state index contributed by atoms with van der Waals surface area (Å²) < 4.78 is 11.3. The minimum Gasteiger partial charge on any atom is -0.490 e. The van der Waals surface area contributed by atoms with Crippen LogP contribution in [0.3, 0.4) is 0 Å². The van der Waals surface area contributed by atoms with Gasteiger partial charge in [0.05, 0.1) is 18.9 Å². The summed E-state index contributed by atoms with van der Waals surface area (Å²) in [6, 6.07) is 5.52. The Morgan fingerprint density at radius 2 is 2.12 bits per heavy atom. The van der Waals surface area contributed by atoms with Crippen molar-refractivity contribution in [3.63, 3.8) is 0 Å². The molecule has 0 amide bonds. The predicted molar refractivity (Wildman–Crippen MR) is 92.0 cm³/mol. The SMILES string of the molecule is CCOc1cc(/C=N/Nc2nnc(C)c(=O)[nH]2)ccc1OC(C)C. The van der Waals surface area contributed by atoms with Crippen LogP contribution < -0.4 is 20.5 Å². The average molecular weight is 331 g/mol. The van der Waals surface area contributed by atoms with Gasteiger partial charge in [0.1, 0.15) is 5.69 Å². The molecule has 0 spiro atoms. The number of hydrazone groups is 1. The van der Waals surface area contributed by atoms with Crippen molar-refractivity contribution in [1.29, 1.82) is 0 Å². The fourth-order valence-corrected chi connectivity index (χ4v) is 1.84. The molecule has 8 heteroatoms. The van der Waals surface area contributed by atoms with Crippen molar-refractivity contribution >= 4 is 12.2 Å². The fourth-order valence-electron chi connectivity index (χ4n) is 1.84. The minimum atomic E-state index is -0.309. The first-order valence-electron chi connectivity index (χ1n) is 7.65. The highest BCUT2D eigenvalue weighted by atomic mass is 16.5. The first-order chi connectivity index (χ1) is 11.5. The molecule has 1 aromatic heterocycles. The Morgan fingerprint density at radius 3 is 2.79 bits per heavy atom. The summed E-state index contributed by atoms with van der Waals surface area (Å²) in [5.74, 6) is 1.51. The van der Waals surface area contributed by atoms with Gasteiger partial charge in [0.25, 0.3) is 5.56 Å². The van der Waals surface area contributed by atoms with Gasteiger partial charge in [-0.15, -0.1) is 10.2 Å². The van der Waals surface area contributed by atoms with Crippen molar-refractivity contribution in [2.24, 2.45) is 5.10 Å². The van der Waals surface area contributed by atoms with Crippen LogP contribution in [0.1, 0.15) is 32.0 Å². The second-order valence-electron chi connectivity index (χ2n) is 5.26. The number of benzene rings is 1. The Bertz CT molecular complexity index is 771. The normalized spacial score (nSPS) is 11.0. The van der Waals surface area contributed by atoms with E-state index in [0.29, 0.717) is 23.8 Å². The van der Waals surface area contributed by atoms with Gasteiger partial charge in [0, 0.05) is 0 Å². The number of aromatic amines is 1. The quantitative estimate of drug-likeness (QED) is 0.595. The predicted octanol–water partition coefficient (Wildman–Crippen LogP) is 2.11. The van der Waals surface area contributed by atoms with Crippen molar-refractivity contribution in [1.82, 2.24) is 15.2 Å². The van der Waals surface area contributed by atoms with E-state index < -0.39 is 0 Å². The number of hydrogen-bond acceptors (Lipinski definition) is 7. The van der Waals surface area contributed by atoms with E-state index in [1.807, 2.05) is 39.0 Å². The molecule has 0 aliphatic heterocycles. The smallest absolute Gasteiger partial charge is 0.274 e. The molecule has 2 N–H and O–H groups in total. The minimum absolute atomic E-state index is 0.0577. The summed E-state index contributed by atoms with van der Waals surface area (Å²) in [7, 11) is 0. The van der Waals surface area contributed by atoms with Crippen LogP contribution in [0.2, 0.25) is 0 Å². The zero-order valence-electron chi connectivity index (χ0n) is 14.2. The van der Waals surface area contributed by atoms with Gasteiger partial charge in [0.15, 0.2) is 11.5 Å². The van der Waals surface area contributed by atoms with E-state index in [1.165, 1.54) is 0 Å². The van der Waals surface area contributed by atoms with E-state index >= 15 is 0 Å². The third-order valence-electron chi connectivity index (χ3n) is 2.87. The van der Waals surface area contributed by atoms with E-state index in [4.69, 9.17) is 9.47 Å². The fraction of sp³-hybridized carbons (Fsp3) is 0.375. The van der Waals surface area contributed by atoms with E-state index in [9.17, 15) is 4.79 Å². The molecule has 0 fully saturated rings. The van der Waals surface area contributed by atoms with Crippen molar-refractivity contribution < 1.29 is 9.47 Å². The molecular weight excluding hydrogens is 310 g/mol. The molecule has 0 saturated heterocycles. The summed E-state index contributed by atoms with van der Waals surface area (Å²) >= 11 is 0. The van der Waals surface area contributed by atoms with Gasteiger partial charge in [-0.25, -0.2) is 5.43 Å². The molecule has 2 rings (SSSR count). The van der Waals surface area contributed by atoms with Crippen LogP contribution in [0.15, 0.2) is 28.1 Å². The van der Waals surface area contributed by atoms with Crippen LogP contribution in [0.5, 0.6) is 11.5 Å². The molecule has 1 heterocycles. The lowest BCUT2D eigenvalue weighted by Gasteiger charge is -2.14. The molecule has 0 bridgehead atoms. The number of ether oxygens (including phenoxy) is 2. The zero-order valence-corrected chi connectivity index (χ0v) is 14.2. The third kappa shape index (κ3) is 4.80. The number of H-pyrrole nitrogens is 1. The molecule has 0 aliphatic rings. The van der Waals surface area contributed by atoms with Crippen molar-refractivity contribution in [3.05, 3.63) is 39.8 Å². The van der Waals surface area contributed by atoms with Crippen molar-refractivity contribution in [3.8, 4) is 11.5 Å². The summed E-state index contributed by atoms with van der Waals surface area (Å²) in [6.07, 6.45) is 1.64. The number of aryl methyl sites for hydroxylation is 1. The van der Waals surface area contributed by atoms with E-state index in [0.717, 1.165) is 5.56 Å². The Morgan fingerprint density at radius 1 is 1.33 bits per heavy atom. The van der Waals surface area contributed by atoms with Gasteiger partial charge in [0.2, 0.25) is 5.95 Å². The van der Waals surface area contributed by atoms with E-state index in [-0.39, 0.29) is 17.6 Å². The largest absolute Gasteiger partial charge is 0.490 e. The summed E-state index contributed by atoms with van der Waals surface area (Å²) in [5.41, 5.74) is 3.43. The highest BCUT2D eigenvalue weighted by Crippen LogP contribution is 2.28. The van der Waals surface area contributed by atoms with Crippen LogP contribution in [0, 0.1) is 6.92 Å². The van der Waals surface area contributed by atoms with Gasteiger partial charge in [-0.2, -0.15) is 5.10 Å². The zero-order chi connectivity index (χ0) is 17.5. The molecule has 8 nitrogen and oxygen atoms in total. The number of hydrogen-bond donors (Lipinski definition) is 2. The van der Waals surface area contributed by atoms with Crippen LogP contribution in [-0.4, -0.2) is 34.1 Å². The summed E-state index contributed by atoms with van der Waals surface area (Å²) in [4.78, 5) is 14.0. The molecule has 2 aromatic rings. The maximum Gasteiger partial charge on any atom is 0.274 e. The molecule has 0 atom stereocenters. The molecule has 0 radical (unpaired) electrons. The number of aromatic nitrogens is 3. The lowest BCUT2D eigenvalue weighted by Crippen LogP contribution is -2.15. The van der Waals surface area contributed by atoms with Crippen LogP contribution in [-0.2, 0) is 0 Å². The van der Waals surface area contributed by atoms with Crippen LogP contribution in [0.25, 0.3) is 0 Å². The van der Waals surface area contributed by atoms with Crippen LogP contribution >= 0.6 is 0 Å². The molecule has 0 saturated carbocycles. The lowest BCUT2D eigenvalue weighted by molar-refractivity contribution is 0.224. The Balaban J connectivity index is 2.12. The Hall–Kier alpha value is -2.90. The standard InChI is InChI=1S/C16H21N5O3/c1-5-23-14-8-12(6-7-13(14)24-10(2)3)9-17-20-16-18-15(22)11(4)19-21-16/h6-10H,5H2,1-4H3,(H2,18,20,21,22)/b17-9+. The van der Waals surface area contributed by atoms with E-state index in [2.05, 4.69) is 25.7 Å². The Labute approximate surface area is 139 Å². The highest BCUT2D eigenvalue weighted by Gasteiger charge is 2.07. The molecular formula is C16H21N5O3. The Kier molecular flexibility index (Phi) is 5.89. The average Bonchev–Trinajstić information content (AvgIpc) is 2.53.